The van der Waals surface area contributed by atoms with Crippen LogP contribution in [0.4, 0.5) is 11.4 Å². The van der Waals surface area contributed by atoms with Crippen LogP contribution in [0.25, 0.3) is 10.8 Å². The number of hydrogen-bond acceptors (Lipinski definition) is 2. The Labute approximate surface area is 292 Å². The molecule has 0 saturated heterocycles. The summed E-state index contributed by atoms with van der Waals surface area (Å²) in [5, 5.41) is 2.44. The molecule has 0 amide bonds. The van der Waals surface area contributed by atoms with Crippen LogP contribution in [0.5, 0.6) is 0 Å². The lowest BCUT2D eigenvalue weighted by molar-refractivity contribution is 0.894. The van der Waals surface area contributed by atoms with Gasteiger partial charge in [-0.1, -0.05) is 122 Å². The fourth-order valence-corrected chi connectivity index (χ4v) is 8.60. The van der Waals surface area contributed by atoms with E-state index in [1.807, 2.05) is 0 Å². The predicted molar refractivity (Wildman–Crippen MR) is 210 cm³/mol. The van der Waals surface area contributed by atoms with Crippen LogP contribution in [0.2, 0.25) is 0 Å². The summed E-state index contributed by atoms with van der Waals surface area (Å²) in [5.74, 6) is 0.369. The first-order valence-electron chi connectivity index (χ1n) is 17.6. The minimum Gasteiger partial charge on any atom is -0.246 e. The summed E-state index contributed by atoms with van der Waals surface area (Å²) in [4.78, 5) is 11.2. The second-order valence-corrected chi connectivity index (χ2v) is 14.3. The van der Waals surface area contributed by atoms with Crippen molar-refractivity contribution in [3.63, 3.8) is 0 Å². The Morgan fingerprint density at radius 2 is 0.898 bits per heavy atom. The van der Waals surface area contributed by atoms with Gasteiger partial charge in [-0.05, 0) is 110 Å². The van der Waals surface area contributed by atoms with E-state index in [2.05, 4.69) is 165 Å². The van der Waals surface area contributed by atoms with Gasteiger partial charge in [0.15, 0.2) is 0 Å². The van der Waals surface area contributed by atoms with E-state index in [1.165, 1.54) is 72.0 Å². The molecule has 2 unspecified atom stereocenters. The van der Waals surface area contributed by atoms with Crippen LogP contribution in [-0.2, 0) is 0 Å². The molecule has 2 nitrogen and oxygen atoms in total. The highest BCUT2D eigenvalue weighted by molar-refractivity contribution is 6.61. The molecule has 0 fully saturated rings. The first-order chi connectivity index (χ1) is 23.5. The van der Waals surface area contributed by atoms with Gasteiger partial charge in [-0.2, -0.15) is 0 Å². The van der Waals surface area contributed by atoms with Crippen LogP contribution in [0.15, 0.2) is 113 Å². The monoisotopic (exact) mass is 638 g/mol. The zero-order valence-electron chi connectivity index (χ0n) is 30.4. The van der Waals surface area contributed by atoms with Crippen molar-refractivity contribution < 1.29 is 0 Å². The maximum Gasteiger partial charge on any atom is 0.0978 e. The number of nitrogens with zero attached hydrogens (tertiary/aromatic N) is 2. The summed E-state index contributed by atoms with van der Waals surface area (Å²) in [6.07, 6.45) is 0. The summed E-state index contributed by atoms with van der Waals surface area (Å²) >= 11 is 0. The lowest BCUT2D eigenvalue weighted by Gasteiger charge is -2.21. The van der Waals surface area contributed by atoms with Crippen LogP contribution in [0.3, 0.4) is 0 Å². The van der Waals surface area contributed by atoms with Crippen molar-refractivity contribution in [3.8, 4) is 0 Å². The Kier molecular flexibility index (Phi) is 8.45. The molecule has 7 rings (SSSR count). The highest BCUT2D eigenvalue weighted by atomic mass is 14.8. The Balaban J connectivity index is 1.43. The molecule has 0 bridgehead atoms. The largest absolute Gasteiger partial charge is 0.246 e. The van der Waals surface area contributed by atoms with Crippen LogP contribution in [0.1, 0.15) is 98.0 Å². The third-order valence-corrected chi connectivity index (χ3v) is 10.5. The summed E-state index contributed by atoms with van der Waals surface area (Å²) in [5.41, 5.74) is 20.5. The second kappa shape index (κ2) is 12.7. The van der Waals surface area contributed by atoms with Gasteiger partial charge in [0, 0.05) is 28.3 Å². The molecule has 2 heteroatoms. The van der Waals surface area contributed by atoms with E-state index in [1.54, 1.807) is 0 Å². The molecule has 6 aromatic carbocycles. The van der Waals surface area contributed by atoms with Gasteiger partial charge in [-0.25, -0.2) is 9.98 Å². The topological polar surface area (TPSA) is 24.7 Å². The van der Waals surface area contributed by atoms with E-state index < -0.39 is 0 Å². The molecule has 49 heavy (non-hydrogen) atoms. The third kappa shape index (κ3) is 5.84. The molecule has 0 saturated carbocycles. The minimum absolute atomic E-state index is 0.183. The summed E-state index contributed by atoms with van der Waals surface area (Å²) in [6, 6.07) is 37.7. The van der Waals surface area contributed by atoms with E-state index in [4.69, 9.17) is 9.98 Å². The van der Waals surface area contributed by atoms with Crippen molar-refractivity contribution in [1.29, 1.82) is 0 Å². The van der Waals surface area contributed by atoms with E-state index in [9.17, 15) is 0 Å². The van der Waals surface area contributed by atoms with Crippen LogP contribution < -0.4 is 0 Å². The van der Waals surface area contributed by atoms with E-state index >= 15 is 0 Å². The Hall–Kier alpha value is -5.08. The Morgan fingerprint density at radius 3 is 1.43 bits per heavy atom. The van der Waals surface area contributed by atoms with E-state index in [0.717, 1.165) is 33.9 Å². The number of benzene rings is 6. The number of aliphatic imine (C=N–C) groups is 2. The lowest BCUT2D eigenvalue weighted by Crippen LogP contribution is -2.11. The van der Waals surface area contributed by atoms with Crippen LogP contribution in [0, 0.1) is 48.5 Å². The maximum absolute atomic E-state index is 5.60. The predicted octanol–water partition coefficient (Wildman–Crippen LogP) is 12.6. The second-order valence-electron chi connectivity index (χ2n) is 14.3. The smallest absolute Gasteiger partial charge is 0.0978 e. The Morgan fingerprint density at radius 1 is 0.429 bits per heavy atom. The maximum atomic E-state index is 5.60. The van der Waals surface area contributed by atoms with Gasteiger partial charge in [0.25, 0.3) is 0 Å². The third-order valence-electron chi connectivity index (χ3n) is 10.5. The van der Waals surface area contributed by atoms with Crippen molar-refractivity contribution in [2.75, 3.05) is 0 Å². The molecule has 244 valence electrons. The average molecular weight is 639 g/mol. The number of aryl methyl sites for hydroxylation is 7. The molecule has 6 aromatic rings. The van der Waals surface area contributed by atoms with Crippen molar-refractivity contribution >= 4 is 33.6 Å². The van der Waals surface area contributed by atoms with Gasteiger partial charge in [0.05, 0.1) is 22.8 Å². The first kappa shape index (κ1) is 32.5. The van der Waals surface area contributed by atoms with Gasteiger partial charge in [0.2, 0.25) is 0 Å². The molecule has 2 atom stereocenters. The van der Waals surface area contributed by atoms with Crippen LogP contribution >= 0.6 is 0 Å². The molecule has 0 aliphatic heterocycles. The number of rotatable bonds is 6. The average Bonchev–Trinajstić information content (AvgIpc) is 3.34. The first-order valence-corrected chi connectivity index (χ1v) is 17.6. The molecule has 0 radical (unpaired) electrons. The fraction of sp³-hybridized carbons (Fsp3) is 0.234. The molecule has 1 aliphatic rings. The molecule has 0 heterocycles. The zero-order chi connectivity index (χ0) is 34.6. The van der Waals surface area contributed by atoms with Gasteiger partial charge >= 0.3 is 0 Å². The quantitative estimate of drug-likeness (QED) is 0.173. The fourth-order valence-electron chi connectivity index (χ4n) is 8.60. The highest BCUT2D eigenvalue weighted by Crippen LogP contribution is 2.41. The molecular weight excluding hydrogens is 593 g/mol. The SMILES string of the molecule is Cc1cc(C)c(C(C)c2ccccc2N=C2C(=Nc3ccc(C)cc3C(C)c3c(C)cc(C)cc3C)c3cccc4cccc2c34)c(C)c1. The zero-order valence-corrected chi connectivity index (χ0v) is 30.4. The van der Waals surface area contributed by atoms with Gasteiger partial charge in [0.1, 0.15) is 0 Å². The van der Waals surface area contributed by atoms with Gasteiger partial charge in [-0.3, -0.25) is 0 Å². The molecule has 0 spiro atoms. The molecule has 1 aliphatic carbocycles. The summed E-state index contributed by atoms with van der Waals surface area (Å²) < 4.78 is 0. The number of hydrogen-bond donors (Lipinski definition) is 0. The van der Waals surface area contributed by atoms with Gasteiger partial charge in [-0.15, -0.1) is 0 Å². The van der Waals surface area contributed by atoms with Gasteiger partial charge < -0.3 is 0 Å². The van der Waals surface area contributed by atoms with Crippen LogP contribution in [-0.4, -0.2) is 11.4 Å². The number of para-hydroxylation sites is 1. The Bertz CT molecular complexity index is 2280. The normalized spacial score (nSPS) is 15.4. The summed E-state index contributed by atoms with van der Waals surface area (Å²) in [7, 11) is 0. The molecular formula is C47H46N2. The standard InChI is InChI=1S/C47H46N2/c1-27-20-21-42(40(26-27)35(9)44-32(6)24-29(3)25-33(44)7)49-47-39-18-13-15-36-14-12-17-38(45(36)39)46(47)48-41-19-11-10-16-37(41)34(8)43-30(4)22-28(2)23-31(43)5/h10-26,34-35H,1-9H3. The minimum atomic E-state index is 0.183. The van der Waals surface area contributed by atoms with Crippen molar-refractivity contribution in [3.05, 3.63) is 175 Å². The van der Waals surface area contributed by atoms with Crippen molar-refractivity contribution in [1.82, 2.24) is 0 Å². The van der Waals surface area contributed by atoms with Crippen molar-refractivity contribution in [2.24, 2.45) is 9.98 Å². The summed E-state index contributed by atoms with van der Waals surface area (Å²) in [6.45, 7) is 20.1. The lowest BCUT2D eigenvalue weighted by atomic mass is 9.85. The van der Waals surface area contributed by atoms with E-state index in [0.29, 0.717) is 0 Å². The van der Waals surface area contributed by atoms with E-state index in [-0.39, 0.29) is 11.8 Å². The van der Waals surface area contributed by atoms with Crippen molar-refractivity contribution in [2.45, 2.75) is 74.1 Å². The highest BCUT2D eigenvalue weighted by Gasteiger charge is 2.29. The molecule has 0 N–H and O–H groups in total. The molecule has 0 aromatic heterocycles.